The van der Waals surface area contributed by atoms with E-state index in [0.29, 0.717) is 13.1 Å². The van der Waals surface area contributed by atoms with Gasteiger partial charge in [0.15, 0.2) is 0 Å². The fourth-order valence-corrected chi connectivity index (χ4v) is 2.47. The molecule has 1 aliphatic rings. The number of carbonyl (C=O) groups is 1. The van der Waals surface area contributed by atoms with Crippen LogP contribution >= 0.6 is 11.3 Å². The first-order valence-corrected chi connectivity index (χ1v) is 6.62. The molecule has 2 amide bonds. The van der Waals surface area contributed by atoms with Gasteiger partial charge in [-0.2, -0.15) is 0 Å². The van der Waals surface area contributed by atoms with Crippen LogP contribution in [0.3, 0.4) is 0 Å². The van der Waals surface area contributed by atoms with E-state index in [1.54, 1.807) is 16.2 Å². The number of β-amino-alcohol motifs (C(OH)–C–C–N with tert-alkyl or cyclic N) is 1. The first-order chi connectivity index (χ1) is 7.90. The lowest BCUT2D eigenvalue weighted by Gasteiger charge is -2.48. The summed E-state index contributed by atoms with van der Waals surface area (Å²) in [4.78, 5) is 14.6. The standard InChI is InChI=1S/C12H18N2O2S/c1-8(2)12(16)6-14(7-12)11(15)13-10-4-9(3)17-5-10/h4-5,8,16H,6-7H2,1-3H3,(H,13,15). The molecule has 0 atom stereocenters. The Balaban J connectivity index is 1.88. The normalized spacial score (nSPS) is 18.1. The lowest BCUT2D eigenvalue weighted by atomic mass is 9.83. The Morgan fingerprint density at radius 3 is 2.71 bits per heavy atom. The maximum Gasteiger partial charge on any atom is 0.322 e. The van der Waals surface area contributed by atoms with Crippen molar-refractivity contribution in [2.75, 3.05) is 18.4 Å². The van der Waals surface area contributed by atoms with Gasteiger partial charge in [0.2, 0.25) is 0 Å². The molecule has 94 valence electrons. The lowest BCUT2D eigenvalue weighted by Crippen LogP contribution is -2.66. The van der Waals surface area contributed by atoms with E-state index in [4.69, 9.17) is 0 Å². The van der Waals surface area contributed by atoms with Gasteiger partial charge in [-0.15, -0.1) is 11.3 Å². The molecule has 0 aromatic carbocycles. The van der Waals surface area contributed by atoms with Crippen molar-refractivity contribution >= 4 is 23.1 Å². The zero-order chi connectivity index (χ0) is 12.6. The van der Waals surface area contributed by atoms with Crippen LogP contribution in [-0.2, 0) is 0 Å². The molecule has 0 unspecified atom stereocenters. The highest BCUT2D eigenvalue weighted by molar-refractivity contribution is 7.10. The van der Waals surface area contributed by atoms with Crippen LogP contribution in [0.4, 0.5) is 10.5 Å². The summed E-state index contributed by atoms with van der Waals surface area (Å²) in [6.45, 7) is 6.77. The summed E-state index contributed by atoms with van der Waals surface area (Å²) >= 11 is 1.61. The number of aryl methyl sites for hydroxylation is 1. The van der Waals surface area contributed by atoms with Crippen molar-refractivity contribution in [2.45, 2.75) is 26.4 Å². The summed E-state index contributed by atoms with van der Waals surface area (Å²) in [5, 5.41) is 14.8. The molecule has 1 fully saturated rings. The molecule has 2 heterocycles. The highest BCUT2D eigenvalue weighted by Crippen LogP contribution is 2.29. The first kappa shape index (κ1) is 12.4. The fraction of sp³-hybridized carbons (Fsp3) is 0.583. The highest BCUT2D eigenvalue weighted by Gasteiger charge is 2.45. The van der Waals surface area contributed by atoms with Crippen molar-refractivity contribution in [1.82, 2.24) is 4.90 Å². The average molecular weight is 254 g/mol. The van der Waals surface area contributed by atoms with Crippen molar-refractivity contribution in [3.8, 4) is 0 Å². The molecule has 4 nitrogen and oxygen atoms in total. The maximum atomic E-state index is 11.8. The van der Waals surface area contributed by atoms with Crippen LogP contribution in [0.1, 0.15) is 18.7 Å². The van der Waals surface area contributed by atoms with E-state index < -0.39 is 5.60 Å². The van der Waals surface area contributed by atoms with Crippen LogP contribution in [0.15, 0.2) is 11.4 Å². The van der Waals surface area contributed by atoms with E-state index in [1.807, 2.05) is 32.2 Å². The zero-order valence-electron chi connectivity index (χ0n) is 10.4. The topological polar surface area (TPSA) is 52.6 Å². The monoisotopic (exact) mass is 254 g/mol. The molecule has 2 rings (SSSR count). The predicted molar refractivity (Wildman–Crippen MR) is 69.4 cm³/mol. The van der Waals surface area contributed by atoms with Gasteiger partial charge in [-0.25, -0.2) is 4.79 Å². The molecule has 1 aliphatic heterocycles. The number of aliphatic hydroxyl groups is 1. The minimum Gasteiger partial charge on any atom is -0.386 e. The number of nitrogens with zero attached hydrogens (tertiary/aromatic N) is 1. The number of urea groups is 1. The van der Waals surface area contributed by atoms with E-state index >= 15 is 0 Å². The number of anilines is 1. The molecule has 0 bridgehead atoms. The summed E-state index contributed by atoms with van der Waals surface area (Å²) in [6.07, 6.45) is 0. The van der Waals surface area contributed by atoms with Gasteiger partial charge in [0, 0.05) is 10.3 Å². The Hall–Kier alpha value is -1.07. The largest absolute Gasteiger partial charge is 0.386 e. The molecular formula is C12H18N2O2S. The van der Waals surface area contributed by atoms with Gasteiger partial charge in [-0.3, -0.25) is 0 Å². The van der Waals surface area contributed by atoms with Crippen LogP contribution in [0.2, 0.25) is 0 Å². The number of nitrogens with one attached hydrogen (secondary N) is 1. The van der Waals surface area contributed by atoms with Crippen molar-refractivity contribution < 1.29 is 9.90 Å². The minimum absolute atomic E-state index is 0.131. The van der Waals surface area contributed by atoms with Crippen LogP contribution in [0.5, 0.6) is 0 Å². The quantitative estimate of drug-likeness (QED) is 0.850. The third-order valence-electron chi connectivity index (χ3n) is 3.27. The summed E-state index contributed by atoms with van der Waals surface area (Å²) in [6, 6.07) is 1.81. The fourth-order valence-electron chi connectivity index (χ4n) is 1.83. The Morgan fingerprint density at radius 1 is 1.59 bits per heavy atom. The predicted octanol–water partition coefficient (Wildman–Crippen LogP) is 2.29. The van der Waals surface area contributed by atoms with E-state index in [0.717, 1.165) is 5.69 Å². The van der Waals surface area contributed by atoms with E-state index in [-0.39, 0.29) is 11.9 Å². The second kappa shape index (κ2) is 4.31. The van der Waals surface area contributed by atoms with Gasteiger partial charge in [-0.1, -0.05) is 13.8 Å². The van der Waals surface area contributed by atoms with Crippen LogP contribution in [0.25, 0.3) is 0 Å². The van der Waals surface area contributed by atoms with E-state index in [1.165, 1.54) is 4.88 Å². The van der Waals surface area contributed by atoms with Gasteiger partial charge in [0.05, 0.1) is 18.8 Å². The molecule has 5 heteroatoms. The number of likely N-dealkylation sites (tertiary alicyclic amines) is 1. The third-order valence-corrected chi connectivity index (χ3v) is 4.13. The summed E-state index contributed by atoms with van der Waals surface area (Å²) in [5.41, 5.74) is 0.125. The third kappa shape index (κ3) is 2.45. The molecule has 1 aromatic heterocycles. The summed E-state index contributed by atoms with van der Waals surface area (Å²) in [5.74, 6) is 0.176. The van der Waals surface area contributed by atoms with Gasteiger partial charge in [-0.05, 0) is 18.9 Å². The Labute approximate surface area is 105 Å². The van der Waals surface area contributed by atoms with Crippen molar-refractivity contribution in [2.24, 2.45) is 5.92 Å². The minimum atomic E-state index is -0.706. The van der Waals surface area contributed by atoms with Crippen LogP contribution in [0, 0.1) is 12.8 Å². The number of carbonyl (C=O) groups excluding carboxylic acids is 1. The van der Waals surface area contributed by atoms with Crippen LogP contribution in [-0.4, -0.2) is 34.7 Å². The molecule has 0 radical (unpaired) electrons. The molecule has 0 aliphatic carbocycles. The maximum absolute atomic E-state index is 11.8. The smallest absolute Gasteiger partial charge is 0.322 e. The molecular weight excluding hydrogens is 236 g/mol. The Bertz CT molecular complexity index is 422. The molecule has 0 saturated carbocycles. The SMILES string of the molecule is Cc1cc(NC(=O)N2CC(O)(C(C)C)C2)cs1. The second-order valence-electron chi connectivity index (χ2n) is 4.99. The molecule has 17 heavy (non-hydrogen) atoms. The summed E-state index contributed by atoms with van der Waals surface area (Å²) in [7, 11) is 0. The number of rotatable bonds is 2. The van der Waals surface area contributed by atoms with Gasteiger partial charge in [0.25, 0.3) is 0 Å². The highest BCUT2D eigenvalue weighted by atomic mass is 32.1. The Kier molecular flexibility index (Phi) is 3.14. The second-order valence-corrected chi connectivity index (χ2v) is 6.11. The van der Waals surface area contributed by atoms with Crippen LogP contribution < -0.4 is 5.32 Å². The Morgan fingerprint density at radius 2 is 2.24 bits per heavy atom. The molecule has 2 N–H and O–H groups in total. The molecule has 0 spiro atoms. The van der Waals surface area contributed by atoms with Gasteiger partial charge < -0.3 is 15.3 Å². The van der Waals surface area contributed by atoms with E-state index in [2.05, 4.69) is 5.32 Å². The number of hydrogen-bond donors (Lipinski definition) is 2. The first-order valence-electron chi connectivity index (χ1n) is 5.74. The van der Waals surface area contributed by atoms with E-state index in [9.17, 15) is 9.90 Å². The number of amides is 2. The lowest BCUT2D eigenvalue weighted by molar-refractivity contribution is -0.105. The molecule has 1 aromatic rings. The zero-order valence-corrected chi connectivity index (χ0v) is 11.2. The molecule has 1 saturated heterocycles. The van der Waals surface area contributed by atoms with Crippen molar-refractivity contribution in [3.63, 3.8) is 0 Å². The number of hydrogen-bond acceptors (Lipinski definition) is 3. The summed E-state index contributed by atoms with van der Waals surface area (Å²) < 4.78 is 0. The van der Waals surface area contributed by atoms with Gasteiger partial charge >= 0.3 is 6.03 Å². The van der Waals surface area contributed by atoms with Crippen molar-refractivity contribution in [3.05, 3.63) is 16.3 Å². The van der Waals surface area contributed by atoms with Gasteiger partial charge in [0.1, 0.15) is 5.60 Å². The average Bonchev–Trinajstić information content (AvgIpc) is 2.58. The van der Waals surface area contributed by atoms with Crippen molar-refractivity contribution in [1.29, 1.82) is 0 Å². The number of thiophene rings is 1.